The van der Waals surface area contributed by atoms with E-state index in [9.17, 15) is 14.4 Å². The Kier molecular flexibility index (Phi) is 39.1. The third-order valence-corrected chi connectivity index (χ3v) is 12.5. The van der Waals surface area contributed by atoms with Gasteiger partial charge in [0.15, 0.2) is 0 Å². The maximum atomic E-state index is 12.9. The molecule has 0 amide bonds. The molecule has 348 valence electrons. The van der Waals surface area contributed by atoms with Crippen molar-refractivity contribution < 1.29 is 33.3 Å². The lowest BCUT2D eigenvalue weighted by atomic mass is 9.93. The van der Waals surface area contributed by atoms with E-state index in [0.29, 0.717) is 44.3 Å². The SMILES string of the molecule is CCCCC(CCCC)CCOC(=O)CCCCCCCCCC(CCCCCCCCCC(=O)OCCC(CCCC)CCCC)OC(=O)CCCN1CCOCC1. The van der Waals surface area contributed by atoms with E-state index >= 15 is 0 Å². The van der Waals surface area contributed by atoms with Gasteiger partial charge in [-0.2, -0.15) is 0 Å². The smallest absolute Gasteiger partial charge is 0.306 e. The van der Waals surface area contributed by atoms with Crippen LogP contribution in [0, 0.1) is 11.8 Å². The van der Waals surface area contributed by atoms with E-state index in [1.807, 2.05) is 0 Å². The van der Waals surface area contributed by atoms with Crippen molar-refractivity contribution >= 4 is 17.9 Å². The molecule has 0 atom stereocenters. The summed E-state index contributed by atoms with van der Waals surface area (Å²) in [5.41, 5.74) is 0. The first-order valence-corrected chi connectivity index (χ1v) is 25.7. The number of rotatable bonds is 43. The highest BCUT2D eigenvalue weighted by Crippen LogP contribution is 2.22. The van der Waals surface area contributed by atoms with Gasteiger partial charge in [-0.1, -0.05) is 169 Å². The molecule has 1 aliphatic rings. The van der Waals surface area contributed by atoms with E-state index in [4.69, 9.17) is 18.9 Å². The third-order valence-electron chi connectivity index (χ3n) is 12.5. The molecule has 0 aromatic rings. The molecule has 1 heterocycles. The van der Waals surface area contributed by atoms with Crippen molar-refractivity contribution in [3.05, 3.63) is 0 Å². The van der Waals surface area contributed by atoms with E-state index in [1.165, 1.54) is 103 Å². The highest BCUT2D eigenvalue weighted by atomic mass is 16.5. The third kappa shape index (κ3) is 35.6. The van der Waals surface area contributed by atoms with Crippen LogP contribution in [0.2, 0.25) is 0 Å². The fourth-order valence-electron chi connectivity index (χ4n) is 8.49. The fourth-order valence-corrected chi connectivity index (χ4v) is 8.49. The summed E-state index contributed by atoms with van der Waals surface area (Å²) in [6.45, 7) is 14.6. The molecular weight excluding hydrogens is 739 g/mol. The molecule has 0 aromatic carbocycles. The molecule has 0 aliphatic carbocycles. The fraction of sp³-hybridized carbons (Fsp3) is 0.941. The van der Waals surface area contributed by atoms with Crippen molar-refractivity contribution in [1.29, 1.82) is 0 Å². The minimum atomic E-state index is -0.0408. The first-order valence-electron chi connectivity index (χ1n) is 25.7. The Balaban J connectivity index is 2.24. The Hall–Kier alpha value is -1.67. The van der Waals surface area contributed by atoms with Gasteiger partial charge in [0, 0.05) is 32.4 Å². The summed E-state index contributed by atoms with van der Waals surface area (Å²) in [5, 5.41) is 0. The Morgan fingerprint density at radius 2 is 0.814 bits per heavy atom. The molecule has 0 spiro atoms. The summed E-state index contributed by atoms with van der Waals surface area (Å²) in [6, 6.07) is 0. The molecule has 1 aliphatic heterocycles. The van der Waals surface area contributed by atoms with E-state index < -0.39 is 0 Å². The van der Waals surface area contributed by atoms with Gasteiger partial charge in [-0.3, -0.25) is 19.3 Å². The molecular formula is C51H97NO7. The average molecular weight is 836 g/mol. The van der Waals surface area contributed by atoms with Crippen LogP contribution in [0.25, 0.3) is 0 Å². The standard InChI is InChI=1S/C51H97NO7/c1-5-9-28-46(29-10-6-2)37-42-57-49(53)34-25-21-17-13-15-19-23-32-48(59-51(55)36-27-39-52-40-44-56-45-41-52)33-24-20-16-14-18-22-26-35-50(54)58-43-38-47(30-11-7-3)31-12-8-4/h46-48H,5-45H2,1-4H3. The van der Waals surface area contributed by atoms with Gasteiger partial charge in [0.2, 0.25) is 0 Å². The predicted molar refractivity (Wildman–Crippen MR) is 246 cm³/mol. The maximum absolute atomic E-state index is 12.9. The Bertz CT molecular complexity index is 882. The van der Waals surface area contributed by atoms with Crippen molar-refractivity contribution in [3.8, 4) is 0 Å². The largest absolute Gasteiger partial charge is 0.466 e. The van der Waals surface area contributed by atoms with Gasteiger partial charge in [0.25, 0.3) is 0 Å². The first-order chi connectivity index (χ1) is 28.9. The molecule has 8 nitrogen and oxygen atoms in total. The lowest BCUT2D eigenvalue weighted by Crippen LogP contribution is -2.37. The zero-order valence-electron chi connectivity index (χ0n) is 39.5. The van der Waals surface area contributed by atoms with Gasteiger partial charge in [0.1, 0.15) is 6.10 Å². The van der Waals surface area contributed by atoms with Crippen molar-refractivity contribution in [3.63, 3.8) is 0 Å². The molecule has 0 unspecified atom stereocenters. The molecule has 0 radical (unpaired) electrons. The number of morpholine rings is 1. The zero-order chi connectivity index (χ0) is 42.9. The molecule has 0 saturated carbocycles. The van der Waals surface area contributed by atoms with Crippen LogP contribution in [0.4, 0.5) is 0 Å². The summed E-state index contributed by atoms with van der Waals surface area (Å²) >= 11 is 0. The number of carbonyl (C=O) groups excluding carboxylic acids is 3. The molecule has 8 heteroatoms. The van der Waals surface area contributed by atoms with Gasteiger partial charge >= 0.3 is 17.9 Å². The topological polar surface area (TPSA) is 91.4 Å². The lowest BCUT2D eigenvalue weighted by Gasteiger charge is -2.26. The minimum Gasteiger partial charge on any atom is -0.466 e. The number of hydrogen-bond acceptors (Lipinski definition) is 8. The number of esters is 3. The highest BCUT2D eigenvalue weighted by molar-refractivity contribution is 5.70. The summed E-state index contributed by atoms with van der Waals surface area (Å²) in [4.78, 5) is 39.8. The average Bonchev–Trinajstić information content (AvgIpc) is 3.24. The van der Waals surface area contributed by atoms with Crippen LogP contribution in [-0.4, -0.2) is 75.0 Å². The van der Waals surface area contributed by atoms with Crippen LogP contribution < -0.4 is 0 Å². The van der Waals surface area contributed by atoms with Gasteiger partial charge in [-0.15, -0.1) is 0 Å². The molecule has 0 N–H and O–H groups in total. The second-order valence-corrected chi connectivity index (χ2v) is 18.0. The van der Waals surface area contributed by atoms with Gasteiger partial charge in [-0.25, -0.2) is 0 Å². The van der Waals surface area contributed by atoms with E-state index in [0.717, 1.165) is 129 Å². The number of carbonyl (C=O) groups is 3. The van der Waals surface area contributed by atoms with E-state index in [1.54, 1.807) is 0 Å². The number of ether oxygens (including phenoxy) is 4. The molecule has 59 heavy (non-hydrogen) atoms. The highest BCUT2D eigenvalue weighted by Gasteiger charge is 2.17. The maximum Gasteiger partial charge on any atom is 0.306 e. The summed E-state index contributed by atoms with van der Waals surface area (Å²) < 4.78 is 22.7. The van der Waals surface area contributed by atoms with Crippen LogP contribution in [0.15, 0.2) is 0 Å². The molecule has 1 saturated heterocycles. The monoisotopic (exact) mass is 836 g/mol. The van der Waals surface area contributed by atoms with Crippen molar-refractivity contribution in [1.82, 2.24) is 4.90 Å². The molecule has 1 rings (SSSR count). The van der Waals surface area contributed by atoms with Crippen molar-refractivity contribution in [2.45, 2.75) is 252 Å². The van der Waals surface area contributed by atoms with Gasteiger partial charge in [0.05, 0.1) is 26.4 Å². The van der Waals surface area contributed by atoms with E-state index in [-0.39, 0.29) is 24.0 Å². The second kappa shape index (κ2) is 41.7. The molecule has 0 bridgehead atoms. The summed E-state index contributed by atoms with van der Waals surface area (Å²) in [7, 11) is 0. The first kappa shape index (κ1) is 55.3. The number of nitrogens with zero attached hydrogens (tertiary/aromatic N) is 1. The van der Waals surface area contributed by atoms with E-state index in [2.05, 4.69) is 32.6 Å². The lowest BCUT2D eigenvalue weighted by molar-refractivity contribution is -0.150. The van der Waals surface area contributed by atoms with Crippen LogP contribution in [-0.2, 0) is 33.3 Å². The van der Waals surface area contributed by atoms with Gasteiger partial charge in [-0.05, 0) is 76.2 Å². The quantitative estimate of drug-likeness (QED) is 0.0341. The van der Waals surface area contributed by atoms with Crippen LogP contribution in [0.3, 0.4) is 0 Å². The van der Waals surface area contributed by atoms with Crippen LogP contribution >= 0.6 is 0 Å². The summed E-state index contributed by atoms with van der Waals surface area (Å²) in [6.07, 6.45) is 37.1. The number of hydrogen-bond donors (Lipinski definition) is 0. The van der Waals surface area contributed by atoms with Crippen molar-refractivity contribution in [2.24, 2.45) is 11.8 Å². The van der Waals surface area contributed by atoms with Crippen LogP contribution in [0.1, 0.15) is 246 Å². The predicted octanol–water partition coefficient (Wildman–Crippen LogP) is 13.9. The second-order valence-electron chi connectivity index (χ2n) is 18.0. The Morgan fingerprint density at radius 1 is 0.441 bits per heavy atom. The Morgan fingerprint density at radius 3 is 1.22 bits per heavy atom. The normalized spacial score (nSPS) is 13.5. The Labute approximate surface area is 365 Å². The zero-order valence-corrected chi connectivity index (χ0v) is 39.5. The number of unbranched alkanes of at least 4 members (excludes halogenated alkanes) is 16. The molecule has 0 aromatic heterocycles. The van der Waals surface area contributed by atoms with Gasteiger partial charge < -0.3 is 18.9 Å². The molecule has 1 fully saturated rings. The van der Waals surface area contributed by atoms with Crippen LogP contribution in [0.5, 0.6) is 0 Å². The minimum absolute atomic E-state index is 0.0186. The van der Waals surface area contributed by atoms with Crippen molar-refractivity contribution in [2.75, 3.05) is 46.1 Å². The summed E-state index contributed by atoms with van der Waals surface area (Å²) in [5.74, 6) is 1.31.